The lowest BCUT2D eigenvalue weighted by Gasteiger charge is -1.98. The maximum atomic E-state index is 5.50. The highest BCUT2D eigenvalue weighted by Gasteiger charge is 1.89. The van der Waals surface area contributed by atoms with Crippen LogP contribution in [0.15, 0.2) is 28.5 Å². The number of nitrogens with zero attached hydrogens (tertiary/aromatic N) is 1. The summed E-state index contributed by atoms with van der Waals surface area (Å²) in [6, 6.07) is 0. The van der Waals surface area contributed by atoms with E-state index >= 15 is 0 Å². The van der Waals surface area contributed by atoms with E-state index in [1.807, 2.05) is 13.0 Å². The van der Waals surface area contributed by atoms with E-state index < -0.39 is 0 Å². The lowest BCUT2D eigenvalue weighted by Crippen LogP contribution is -1.95. The first-order valence-corrected chi connectivity index (χ1v) is 3.45. The van der Waals surface area contributed by atoms with Crippen molar-refractivity contribution in [1.29, 1.82) is 0 Å². The molecule has 0 saturated heterocycles. The zero-order chi connectivity index (χ0) is 7.40. The molecule has 0 aromatic heterocycles. The first-order valence-electron chi connectivity index (χ1n) is 3.45. The fourth-order valence-corrected chi connectivity index (χ4v) is 0.824. The summed E-state index contributed by atoms with van der Waals surface area (Å²) in [5.74, 6) is 0.632. The molecule has 0 radical (unpaired) electrons. The average molecular weight is 136 g/mol. The molecule has 2 nitrogen and oxygen atoms in total. The van der Waals surface area contributed by atoms with E-state index in [1.54, 1.807) is 6.21 Å². The molecule has 2 N–H and O–H groups in total. The number of hydrogen-bond donors (Lipinski definition) is 1. The Hall–Kier alpha value is -1.05. The topological polar surface area (TPSA) is 38.4 Å². The molecule has 0 atom stereocenters. The predicted molar refractivity (Wildman–Crippen MR) is 43.8 cm³/mol. The van der Waals surface area contributed by atoms with Crippen LogP contribution in [0.2, 0.25) is 0 Å². The highest BCUT2D eigenvalue weighted by Crippen LogP contribution is 2.03. The van der Waals surface area contributed by atoms with Gasteiger partial charge in [0, 0.05) is 6.21 Å². The molecule has 0 bridgehead atoms. The van der Waals surface area contributed by atoms with E-state index in [4.69, 9.17) is 5.73 Å². The Morgan fingerprint density at radius 3 is 2.90 bits per heavy atom. The minimum atomic E-state index is 0.632. The Kier molecular flexibility index (Phi) is 2.26. The molecular weight excluding hydrogens is 124 g/mol. The monoisotopic (exact) mass is 136 g/mol. The van der Waals surface area contributed by atoms with E-state index in [0.29, 0.717) is 5.82 Å². The SMILES string of the molecule is CC1=C/CCC=C(N)/N=C\1. The quantitative estimate of drug-likeness (QED) is 0.539. The van der Waals surface area contributed by atoms with Crippen LogP contribution in [0, 0.1) is 0 Å². The number of allylic oxidation sites excluding steroid dienone is 3. The summed E-state index contributed by atoms with van der Waals surface area (Å²) in [5.41, 5.74) is 6.69. The molecule has 0 fully saturated rings. The maximum absolute atomic E-state index is 5.50. The molecule has 0 aromatic rings. The van der Waals surface area contributed by atoms with Crippen molar-refractivity contribution in [3.05, 3.63) is 23.5 Å². The fourth-order valence-electron chi connectivity index (χ4n) is 0.824. The van der Waals surface area contributed by atoms with Crippen molar-refractivity contribution in [1.82, 2.24) is 0 Å². The highest BCUT2D eigenvalue weighted by molar-refractivity contribution is 5.78. The first-order chi connectivity index (χ1) is 4.79. The van der Waals surface area contributed by atoms with Gasteiger partial charge in [0.2, 0.25) is 0 Å². The van der Waals surface area contributed by atoms with Crippen LogP contribution in [-0.4, -0.2) is 6.21 Å². The molecule has 0 aliphatic carbocycles. The normalized spacial score (nSPS) is 27.3. The van der Waals surface area contributed by atoms with Crippen molar-refractivity contribution in [2.24, 2.45) is 10.7 Å². The Bertz CT molecular complexity index is 177. The van der Waals surface area contributed by atoms with Crippen molar-refractivity contribution >= 4 is 6.21 Å². The van der Waals surface area contributed by atoms with Crippen LogP contribution < -0.4 is 5.73 Å². The van der Waals surface area contributed by atoms with Gasteiger partial charge in [0.1, 0.15) is 5.82 Å². The van der Waals surface area contributed by atoms with Crippen molar-refractivity contribution in [3.8, 4) is 0 Å². The standard InChI is InChI=1S/C8H12N2/c1-7-4-2-3-5-8(9)10-6-7/h4-6H,2-3,9H2,1H3/b7-4-,8-5?,10-6-. The van der Waals surface area contributed by atoms with Gasteiger partial charge in [0.05, 0.1) is 0 Å². The Morgan fingerprint density at radius 1 is 1.40 bits per heavy atom. The summed E-state index contributed by atoms with van der Waals surface area (Å²) in [4.78, 5) is 4.01. The predicted octanol–water partition coefficient (Wildman–Crippen LogP) is 1.60. The minimum absolute atomic E-state index is 0.632. The number of hydrogen-bond acceptors (Lipinski definition) is 2. The molecule has 0 amide bonds. The zero-order valence-electron chi connectivity index (χ0n) is 6.17. The van der Waals surface area contributed by atoms with E-state index in [9.17, 15) is 0 Å². The van der Waals surface area contributed by atoms with Gasteiger partial charge in [-0.2, -0.15) is 0 Å². The van der Waals surface area contributed by atoms with Crippen molar-refractivity contribution < 1.29 is 0 Å². The number of aliphatic imine (C=N–C) groups is 1. The van der Waals surface area contributed by atoms with Crippen LogP contribution in [0.25, 0.3) is 0 Å². The average Bonchev–Trinajstić information content (AvgIpc) is 1.90. The largest absolute Gasteiger partial charge is 0.384 e. The lowest BCUT2D eigenvalue weighted by atomic mass is 10.2. The van der Waals surface area contributed by atoms with Crippen molar-refractivity contribution in [3.63, 3.8) is 0 Å². The van der Waals surface area contributed by atoms with E-state index in [-0.39, 0.29) is 0 Å². The smallest absolute Gasteiger partial charge is 0.119 e. The van der Waals surface area contributed by atoms with Crippen LogP contribution in [0.5, 0.6) is 0 Å². The second-order valence-electron chi connectivity index (χ2n) is 2.41. The summed E-state index contributed by atoms with van der Waals surface area (Å²) < 4.78 is 0. The fraction of sp³-hybridized carbons (Fsp3) is 0.375. The van der Waals surface area contributed by atoms with Gasteiger partial charge in [-0.05, 0) is 31.4 Å². The molecule has 1 rings (SSSR count). The molecule has 0 saturated carbocycles. The molecular formula is C8H12N2. The Morgan fingerprint density at radius 2 is 2.10 bits per heavy atom. The van der Waals surface area contributed by atoms with Crippen molar-refractivity contribution in [2.45, 2.75) is 19.8 Å². The van der Waals surface area contributed by atoms with Crippen LogP contribution in [0.1, 0.15) is 19.8 Å². The number of rotatable bonds is 0. The van der Waals surface area contributed by atoms with E-state index in [1.165, 1.54) is 5.57 Å². The third-order valence-corrected chi connectivity index (χ3v) is 1.40. The Labute approximate surface area is 61.1 Å². The summed E-state index contributed by atoms with van der Waals surface area (Å²) in [7, 11) is 0. The molecule has 1 aliphatic heterocycles. The summed E-state index contributed by atoms with van der Waals surface area (Å²) in [5, 5.41) is 0. The molecule has 10 heavy (non-hydrogen) atoms. The van der Waals surface area contributed by atoms with Crippen LogP contribution in [0.4, 0.5) is 0 Å². The Balaban J connectivity index is 2.73. The zero-order valence-corrected chi connectivity index (χ0v) is 6.17. The molecule has 0 spiro atoms. The highest BCUT2D eigenvalue weighted by atomic mass is 14.9. The van der Waals surface area contributed by atoms with Gasteiger partial charge in [0.15, 0.2) is 0 Å². The lowest BCUT2D eigenvalue weighted by molar-refractivity contribution is 1.01. The second-order valence-corrected chi connectivity index (χ2v) is 2.41. The van der Waals surface area contributed by atoms with E-state index in [0.717, 1.165) is 12.8 Å². The third kappa shape index (κ3) is 2.05. The van der Waals surface area contributed by atoms with Gasteiger partial charge < -0.3 is 5.73 Å². The van der Waals surface area contributed by atoms with Gasteiger partial charge in [-0.25, -0.2) is 4.99 Å². The van der Waals surface area contributed by atoms with Crippen LogP contribution >= 0.6 is 0 Å². The van der Waals surface area contributed by atoms with E-state index in [2.05, 4.69) is 11.1 Å². The summed E-state index contributed by atoms with van der Waals surface area (Å²) >= 11 is 0. The summed E-state index contributed by atoms with van der Waals surface area (Å²) in [6.07, 6.45) is 7.97. The van der Waals surface area contributed by atoms with Crippen molar-refractivity contribution in [2.75, 3.05) is 0 Å². The maximum Gasteiger partial charge on any atom is 0.119 e. The minimum Gasteiger partial charge on any atom is -0.384 e. The second kappa shape index (κ2) is 3.20. The first kappa shape index (κ1) is 7.06. The summed E-state index contributed by atoms with van der Waals surface area (Å²) in [6.45, 7) is 2.03. The third-order valence-electron chi connectivity index (χ3n) is 1.40. The number of nitrogens with two attached hydrogens (primary N) is 1. The molecule has 54 valence electrons. The molecule has 1 aliphatic rings. The van der Waals surface area contributed by atoms with Gasteiger partial charge in [0.25, 0.3) is 0 Å². The van der Waals surface area contributed by atoms with Gasteiger partial charge in [-0.15, -0.1) is 0 Å². The van der Waals surface area contributed by atoms with Crippen LogP contribution in [0.3, 0.4) is 0 Å². The molecule has 2 heteroatoms. The molecule has 0 unspecified atom stereocenters. The van der Waals surface area contributed by atoms with Gasteiger partial charge in [-0.1, -0.05) is 6.08 Å². The van der Waals surface area contributed by atoms with Gasteiger partial charge >= 0.3 is 0 Å². The molecule has 0 aromatic carbocycles. The van der Waals surface area contributed by atoms with Crippen LogP contribution in [-0.2, 0) is 0 Å². The van der Waals surface area contributed by atoms with Gasteiger partial charge in [-0.3, -0.25) is 0 Å². The molecule has 1 heterocycles.